The Balaban J connectivity index is 1.36. The van der Waals surface area contributed by atoms with Crippen molar-refractivity contribution >= 4 is 0 Å². The van der Waals surface area contributed by atoms with Crippen molar-refractivity contribution in [1.29, 1.82) is 0 Å². The molecule has 2 aliphatic rings. The van der Waals surface area contributed by atoms with Crippen LogP contribution < -0.4 is 5.32 Å². The standard InChI is InChI=1S/C17H23N5O/c1-2-13(10-14(3-1)16-19-21-22-20-16)12-18-15-4-5-17(11-15)6-8-23-9-7-17/h1-3,10,15,18H,4-9,11-12H2,(H,19,20,21,22). The number of tetrazole rings is 1. The number of aromatic amines is 1. The molecular formula is C17H23N5O. The van der Waals surface area contributed by atoms with Crippen LogP contribution in [0.2, 0.25) is 0 Å². The number of hydrogen-bond acceptors (Lipinski definition) is 5. The molecule has 23 heavy (non-hydrogen) atoms. The van der Waals surface area contributed by atoms with Gasteiger partial charge in [0.2, 0.25) is 5.82 Å². The van der Waals surface area contributed by atoms with Crippen molar-refractivity contribution in [3.63, 3.8) is 0 Å². The third-order valence-electron chi connectivity index (χ3n) is 5.38. The van der Waals surface area contributed by atoms with Gasteiger partial charge in [0.25, 0.3) is 0 Å². The molecule has 2 aromatic rings. The summed E-state index contributed by atoms with van der Waals surface area (Å²) in [5.41, 5.74) is 2.81. The van der Waals surface area contributed by atoms with Gasteiger partial charge in [-0.2, -0.15) is 5.21 Å². The normalized spacial score (nSPS) is 23.4. The van der Waals surface area contributed by atoms with E-state index in [1.54, 1.807) is 0 Å². The number of nitrogens with one attached hydrogen (secondary N) is 2. The summed E-state index contributed by atoms with van der Waals surface area (Å²) in [4.78, 5) is 0. The number of benzene rings is 1. The fourth-order valence-electron chi connectivity index (χ4n) is 4.01. The van der Waals surface area contributed by atoms with Crippen molar-refractivity contribution in [2.75, 3.05) is 13.2 Å². The quantitative estimate of drug-likeness (QED) is 0.906. The van der Waals surface area contributed by atoms with Gasteiger partial charge in [0.1, 0.15) is 0 Å². The van der Waals surface area contributed by atoms with E-state index in [4.69, 9.17) is 4.74 Å². The summed E-state index contributed by atoms with van der Waals surface area (Å²) in [6, 6.07) is 8.98. The lowest BCUT2D eigenvalue weighted by Gasteiger charge is -2.33. The maximum atomic E-state index is 5.53. The molecule has 2 heterocycles. The second-order valence-electron chi connectivity index (χ2n) is 6.87. The highest BCUT2D eigenvalue weighted by Crippen LogP contribution is 2.45. The van der Waals surface area contributed by atoms with E-state index >= 15 is 0 Å². The SMILES string of the molecule is c1cc(CNC2CCC3(CCOCC3)C2)cc(-c2nn[nH]n2)c1. The summed E-state index contributed by atoms with van der Waals surface area (Å²) in [6.07, 6.45) is 6.39. The topological polar surface area (TPSA) is 75.7 Å². The second kappa shape index (κ2) is 6.37. The average molecular weight is 313 g/mol. The first kappa shape index (κ1) is 14.8. The third kappa shape index (κ3) is 3.28. The maximum absolute atomic E-state index is 5.53. The second-order valence-corrected chi connectivity index (χ2v) is 6.87. The summed E-state index contributed by atoms with van der Waals surface area (Å²) >= 11 is 0. The molecule has 2 fully saturated rings. The molecule has 1 unspecified atom stereocenters. The molecule has 1 aliphatic carbocycles. The molecule has 0 amide bonds. The van der Waals surface area contributed by atoms with Gasteiger partial charge in [-0.15, -0.1) is 10.2 Å². The van der Waals surface area contributed by atoms with Gasteiger partial charge < -0.3 is 10.1 Å². The minimum absolute atomic E-state index is 0.544. The molecule has 4 rings (SSSR count). The van der Waals surface area contributed by atoms with Gasteiger partial charge in [0.15, 0.2) is 0 Å². The van der Waals surface area contributed by atoms with Crippen LogP contribution in [-0.2, 0) is 11.3 Å². The highest BCUT2D eigenvalue weighted by Gasteiger charge is 2.39. The summed E-state index contributed by atoms with van der Waals surface area (Å²) < 4.78 is 5.53. The van der Waals surface area contributed by atoms with Crippen LogP contribution in [0.15, 0.2) is 24.3 Å². The fraction of sp³-hybridized carbons (Fsp3) is 0.588. The zero-order valence-corrected chi connectivity index (χ0v) is 13.3. The lowest BCUT2D eigenvalue weighted by atomic mass is 9.79. The van der Waals surface area contributed by atoms with E-state index in [1.165, 1.54) is 37.7 Å². The number of H-pyrrole nitrogens is 1. The van der Waals surface area contributed by atoms with Crippen LogP contribution in [-0.4, -0.2) is 39.9 Å². The van der Waals surface area contributed by atoms with E-state index in [0.717, 1.165) is 25.3 Å². The first-order chi connectivity index (χ1) is 11.3. The summed E-state index contributed by atoms with van der Waals surface area (Å²) in [5.74, 6) is 0.647. The van der Waals surface area contributed by atoms with Crippen molar-refractivity contribution in [3.8, 4) is 11.4 Å². The van der Waals surface area contributed by atoms with Crippen LogP contribution in [0.1, 0.15) is 37.7 Å². The Bertz CT molecular complexity index is 636. The number of rotatable bonds is 4. The molecule has 1 saturated heterocycles. The molecule has 1 aromatic heterocycles. The van der Waals surface area contributed by atoms with Gasteiger partial charge in [-0.1, -0.05) is 18.2 Å². The molecule has 6 heteroatoms. The lowest BCUT2D eigenvalue weighted by molar-refractivity contribution is 0.0170. The average Bonchev–Trinajstić information content (AvgIpc) is 3.25. The first-order valence-electron chi connectivity index (χ1n) is 8.47. The molecule has 1 aromatic carbocycles. The van der Waals surface area contributed by atoms with Crippen LogP contribution in [0.25, 0.3) is 11.4 Å². The zero-order chi connectivity index (χ0) is 15.5. The van der Waals surface area contributed by atoms with Crippen LogP contribution in [0.3, 0.4) is 0 Å². The van der Waals surface area contributed by atoms with Crippen molar-refractivity contribution < 1.29 is 4.74 Å². The largest absolute Gasteiger partial charge is 0.381 e. The first-order valence-corrected chi connectivity index (χ1v) is 8.47. The summed E-state index contributed by atoms with van der Waals surface area (Å²) in [5, 5.41) is 17.9. The predicted octanol–water partition coefficient (Wildman–Crippen LogP) is 2.31. The van der Waals surface area contributed by atoms with Crippen molar-refractivity contribution in [2.45, 2.75) is 44.7 Å². The van der Waals surface area contributed by atoms with Crippen LogP contribution >= 0.6 is 0 Å². The van der Waals surface area contributed by atoms with Gasteiger partial charge in [-0.3, -0.25) is 0 Å². The molecule has 122 valence electrons. The zero-order valence-electron chi connectivity index (χ0n) is 13.3. The Hall–Kier alpha value is -1.79. The van der Waals surface area contributed by atoms with Gasteiger partial charge in [-0.05, 0) is 54.4 Å². The Morgan fingerprint density at radius 1 is 1.26 bits per heavy atom. The van der Waals surface area contributed by atoms with E-state index in [1.807, 2.05) is 6.07 Å². The highest BCUT2D eigenvalue weighted by molar-refractivity contribution is 5.54. The van der Waals surface area contributed by atoms with E-state index < -0.39 is 0 Å². The Morgan fingerprint density at radius 2 is 2.17 bits per heavy atom. The van der Waals surface area contributed by atoms with Crippen molar-refractivity contribution in [2.24, 2.45) is 5.41 Å². The summed E-state index contributed by atoms with van der Waals surface area (Å²) in [7, 11) is 0. The molecule has 0 bridgehead atoms. The Morgan fingerprint density at radius 3 is 3.00 bits per heavy atom. The number of nitrogens with zero attached hydrogens (tertiary/aromatic N) is 3. The number of aromatic nitrogens is 4. The predicted molar refractivity (Wildman–Crippen MR) is 86.6 cm³/mol. The molecule has 1 saturated carbocycles. The summed E-state index contributed by atoms with van der Waals surface area (Å²) in [6.45, 7) is 2.78. The van der Waals surface area contributed by atoms with E-state index in [9.17, 15) is 0 Å². The Labute approximate surface area is 136 Å². The van der Waals surface area contributed by atoms with Gasteiger partial charge >= 0.3 is 0 Å². The van der Waals surface area contributed by atoms with Crippen LogP contribution in [0.5, 0.6) is 0 Å². The molecule has 2 N–H and O–H groups in total. The molecule has 1 spiro atoms. The van der Waals surface area contributed by atoms with E-state index in [2.05, 4.69) is 44.1 Å². The molecular weight excluding hydrogens is 290 g/mol. The number of hydrogen-bond donors (Lipinski definition) is 2. The molecule has 6 nitrogen and oxygen atoms in total. The van der Waals surface area contributed by atoms with Crippen molar-refractivity contribution in [3.05, 3.63) is 29.8 Å². The third-order valence-corrected chi connectivity index (χ3v) is 5.38. The molecule has 1 atom stereocenters. The van der Waals surface area contributed by atoms with Gasteiger partial charge in [-0.25, -0.2) is 0 Å². The van der Waals surface area contributed by atoms with Crippen LogP contribution in [0.4, 0.5) is 0 Å². The van der Waals surface area contributed by atoms with Crippen molar-refractivity contribution in [1.82, 2.24) is 25.9 Å². The Kier molecular flexibility index (Phi) is 4.10. The minimum atomic E-state index is 0.544. The van der Waals surface area contributed by atoms with Crippen LogP contribution in [0, 0.1) is 5.41 Å². The monoisotopic (exact) mass is 313 g/mol. The van der Waals surface area contributed by atoms with Gasteiger partial charge in [0, 0.05) is 31.4 Å². The number of ether oxygens (including phenoxy) is 1. The maximum Gasteiger partial charge on any atom is 0.204 e. The van der Waals surface area contributed by atoms with E-state index in [0.29, 0.717) is 17.3 Å². The minimum Gasteiger partial charge on any atom is -0.381 e. The van der Waals surface area contributed by atoms with E-state index in [-0.39, 0.29) is 0 Å². The molecule has 1 aliphatic heterocycles. The molecule has 0 radical (unpaired) electrons. The smallest absolute Gasteiger partial charge is 0.204 e. The van der Waals surface area contributed by atoms with Gasteiger partial charge in [0.05, 0.1) is 0 Å². The fourth-order valence-corrected chi connectivity index (χ4v) is 4.01. The highest BCUT2D eigenvalue weighted by atomic mass is 16.5. The lowest BCUT2D eigenvalue weighted by Crippen LogP contribution is -2.31.